The van der Waals surface area contributed by atoms with Crippen molar-refractivity contribution in [2.24, 2.45) is 0 Å². The summed E-state index contributed by atoms with van der Waals surface area (Å²) in [6.45, 7) is 4.65. The standard InChI is InChI=1S/C14H22N2O3/c1-3-7-18-10-12-4-5-13(16-11-17)9-14(12)19-8-6-15-2/h4-5,9,11,15H,3,6-8,10H2,1-2H3,(H,16,17). The Hall–Kier alpha value is -1.59. The van der Waals surface area contributed by atoms with E-state index in [0.717, 1.165) is 30.9 Å². The number of hydrogen-bond acceptors (Lipinski definition) is 4. The second-order valence-corrected chi connectivity index (χ2v) is 4.09. The highest BCUT2D eigenvalue weighted by Gasteiger charge is 2.05. The molecule has 1 amide bonds. The van der Waals surface area contributed by atoms with Crippen molar-refractivity contribution in [2.45, 2.75) is 20.0 Å². The Kier molecular flexibility index (Phi) is 7.62. The van der Waals surface area contributed by atoms with E-state index < -0.39 is 0 Å². The van der Waals surface area contributed by atoms with Crippen LogP contribution in [0.3, 0.4) is 0 Å². The van der Waals surface area contributed by atoms with E-state index in [2.05, 4.69) is 17.6 Å². The second kappa shape index (κ2) is 9.35. The Bertz CT molecular complexity index is 383. The molecule has 0 atom stereocenters. The van der Waals surface area contributed by atoms with Gasteiger partial charge in [-0.3, -0.25) is 4.79 Å². The average Bonchev–Trinajstić information content (AvgIpc) is 2.42. The summed E-state index contributed by atoms with van der Waals surface area (Å²) in [6, 6.07) is 5.56. The Morgan fingerprint density at radius 1 is 1.32 bits per heavy atom. The van der Waals surface area contributed by atoms with E-state index in [9.17, 15) is 4.79 Å². The Morgan fingerprint density at radius 3 is 2.84 bits per heavy atom. The van der Waals surface area contributed by atoms with E-state index in [1.807, 2.05) is 25.2 Å². The fraction of sp³-hybridized carbons (Fsp3) is 0.500. The molecular formula is C14H22N2O3. The molecule has 0 radical (unpaired) electrons. The van der Waals surface area contributed by atoms with Crippen molar-refractivity contribution >= 4 is 12.1 Å². The van der Waals surface area contributed by atoms with Crippen molar-refractivity contribution in [3.63, 3.8) is 0 Å². The highest BCUT2D eigenvalue weighted by Crippen LogP contribution is 2.24. The van der Waals surface area contributed by atoms with Gasteiger partial charge >= 0.3 is 0 Å². The topological polar surface area (TPSA) is 59.6 Å². The first-order valence-electron chi connectivity index (χ1n) is 6.50. The lowest BCUT2D eigenvalue weighted by molar-refractivity contribution is -0.105. The van der Waals surface area contributed by atoms with Crippen molar-refractivity contribution in [1.82, 2.24) is 5.32 Å². The number of carbonyl (C=O) groups excluding carboxylic acids is 1. The first kappa shape index (κ1) is 15.5. The number of nitrogens with one attached hydrogen (secondary N) is 2. The molecule has 5 heteroatoms. The van der Waals surface area contributed by atoms with Gasteiger partial charge in [0.25, 0.3) is 0 Å². The van der Waals surface area contributed by atoms with Gasteiger partial charge in [0, 0.05) is 30.5 Å². The number of anilines is 1. The maximum absolute atomic E-state index is 10.5. The van der Waals surface area contributed by atoms with Gasteiger partial charge < -0.3 is 20.1 Å². The molecule has 1 aromatic carbocycles. The first-order valence-corrected chi connectivity index (χ1v) is 6.50. The summed E-state index contributed by atoms with van der Waals surface area (Å²) in [6.07, 6.45) is 1.64. The fourth-order valence-corrected chi connectivity index (χ4v) is 1.56. The molecule has 5 nitrogen and oxygen atoms in total. The molecule has 0 aliphatic rings. The summed E-state index contributed by atoms with van der Waals surface area (Å²) in [5.41, 5.74) is 1.70. The van der Waals surface area contributed by atoms with Crippen LogP contribution in [0.25, 0.3) is 0 Å². The lowest BCUT2D eigenvalue weighted by Gasteiger charge is -2.13. The third-order valence-electron chi connectivity index (χ3n) is 2.51. The molecule has 19 heavy (non-hydrogen) atoms. The Balaban J connectivity index is 2.71. The number of benzene rings is 1. The van der Waals surface area contributed by atoms with E-state index in [1.54, 1.807) is 0 Å². The minimum atomic E-state index is 0.518. The van der Waals surface area contributed by atoms with Crippen LogP contribution in [0.5, 0.6) is 5.75 Å². The molecule has 0 saturated heterocycles. The second-order valence-electron chi connectivity index (χ2n) is 4.09. The summed E-state index contributed by atoms with van der Waals surface area (Å²) in [5.74, 6) is 0.748. The Labute approximate surface area is 114 Å². The molecule has 0 spiro atoms. The average molecular weight is 266 g/mol. The molecule has 1 aromatic rings. The maximum atomic E-state index is 10.5. The number of likely N-dealkylation sites (N-methyl/N-ethyl adjacent to an activating group) is 1. The SMILES string of the molecule is CCCOCc1ccc(NC=O)cc1OCCNC. The van der Waals surface area contributed by atoms with Crippen LogP contribution in [-0.4, -0.2) is 33.2 Å². The monoisotopic (exact) mass is 266 g/mol. The zero-order valence-corrected chi connectivity index (χ0v) is 11.6. The molecule has 0 fully saturated rings. The summed E-state index contributed by atoms with van der Waals surface area (Å²) in [4.78, 5) is 10.5. The van der Waals surface area contributed by atoms with Gasteiger partial charge in [-0.15, -0.1) is 0 Å². The van der Waals surface area contributed by atoms with E-state index in [0.29, 0.717) is 25.3 Å². The van der Waals surface area contributed by atoms with E-state index in [1.165, 1.54) is 0 Å². The predicted octanol–water partition coefficient (Wildman–Crippen LogP) is 1.78. The van der Waals surface area contributed by atoms with Crippen LogP contribution in [-0.2, 0) is 16.1 Å². The molecule has 0 saturated carbocycles. The third-order valence-corrected chi connectivity index (χ3v) is 2.51. The molecule has 0 unspecified atom stereocenters. The number of carbonyl (C=O) groups is 1. The van der Waals surface area contributed by atoms with E-state index in [-0.39, 0.29) is 0 Å². The molecule has 0 aromatic heterocycles. The van der Waals surface area contributed by atoms with Gasteiger partial charge in [-0.05, 0) is 19.5 Å². The number of hydrogen-bond donors (Lipinski definition) is 2. The van der Waals surface area contributed by atoms with Gasteiger partial charge in [0.2, 0.25) is 6.41 Å². The van der Waals surface area contributed by atoms with Gasteiger partial charge in [0.15, 0.2) is 0 Å². The summed E-state index contributed by atoms with van der Waals surface area (Å²) >= 11 is 0. The van der Waals surface area contributed by atoms with Crippen molar-refractivity contribution in [3.05, 3.63) is 23.8 Å². The molecule has 0 heterocycles. The van der Waals surface area contributed by atoms with Crippen LogP contribution >= 0.6 is 0 Å². The van der Waals surface area contributed by atoms with E-state index >= 15 is 0 Å². The predicted molar refractivity (Wildman–Crippen MR) is 75.5 cm³/mol. The number of ether oxygens (including phenoxy) is 2. The van der Waals surface area contributed by atoms with Gasteiger partial charge in [-0.25, -0.2) is 0 Å². The van der Waals surface area contributed by atoms with Gasteiger partial charge in [-0.2, -0.15) is 0 Å². The maximum Gasteiger partial charge on any atom is 0.211 e. The van der Waals surface area contributed by atoms with Crippen molar-refractivity contribution in [2.75, 3.05) is 32.1 Å². The molecule has 2 N–H and O–H groups in total. The Morgan fingerprint density at radius 2 is 2.16 bits per heavy atom. The molecular weight excluding hydrogens is 244 g/mol. The minimum Gasteiger partial charge on any atom is -0.492 e. The quantitative estimate of drug-likeness (QED) is 0.500. The fourth-order valence-electron chi connectivity index (χ4n) is 1.56. The van der Waals surface area contributed by atoms with Crippen molar-refractivity contribution in [3.8, 4) is 5.75 Å². The lowest BCUT2D eigenvalue weighted by Crippen LogP contribution is -2.16. The van der Waals surface area contributed by atoms with Crippen molar-refractivity contribution in [1.29, 1.82) is 0 Å². The minimum absolute atomic E-state index is 0.518. The normalized spacial score (nSPS) is 10.2. The molecule has 106 valence electrons. The molecule has 0 aliphatic carbocycles. The molecule has 1 rings (SSSR count). The van der Waals surface area contributed by atoms with E-state index in [4.69, 9.17) is 9.47 Å². The summed E-state index contributed by atoms with van der Waals surface area (Å²) < 4.78 is 11.2. The van der Waals surface area contributed by atoms with Crippen LogP contribution < -0.4 is 15.4 Å². The molecule has 0 bridgehead atoms. The van der Waals surface area contributed by atoms with Crippen molar-refractivity contribution < 1.29 is 14.3 Å². The highest BCUT2D eigenvalue weighted by atomic mass is 16.5. The van der Waals surface area contributed by atoms with Crippen LogP contribution in [0, 0.1) is 0 Å². The van der Waals surface area contributed by atoms with Crippen LogP contribution in [0.1, 0.15) is 18.9 Å². The van der Waals surface area contributed by atoms with Gasteiger partial charge in [-0.1, -0.05) is 13.0 Å². The van der Waals surface area contributed by atoms with Gasteiger partial charge in [0.05, 0.1) is 6.61 Å². The largest absolute Gasteiger partial charge is 0.492 e. The molecule has 0 aliphatic heterocycles. The van der Waals surface area contributed by atoms with Crippen LogP contribution in [0.4, 0.5) is 5.69 Å². The lowest BCUT2D eigenvalue weighted by atomic mass is 10.2. The zero-order chi connectivity index (χ0) is 13.9. The van der Waals surface area contributed by atoms with Crippen LogP contribution in [0.15, 0.2) is 18.2 Å². The smallest absolute Gasteiger partial charge is 0.211 e. The summed E-state index contributed by atoms with van der Waals surface area (Å²) in [5, 5.41) is 5.64. The van der Waals surface area contributed by atoms with Gasteiger partial charge in [0.1, 0.15) is 12.4 Å². The summed E-state index contributed by atoms with van der Waals surface area (Å²) in [7, 11) is 1.87. The number of amides is 1. The zero-order valence-electron chi connectivity index (χ0n) is 11.6. The number of rotatable bonds is 10. The third kappa shape index (κ3) is 5.72. The first-order chi connectivity index (χ1) is 9.31. The van der Waals surface area contributed by atoms with Crippen LogP contribution in [0.2, 0.25) is 0 Å². The highest BCUT2D eigenvalue weighted by molar-refractivity contribution is 5.72.